The standard InChI is InChI=1S/C16H24N2O/c1-4-13-6-5-7-15(13)18-14-9-8-11(2)16(10-14)17-12(3)19/h8-10,13,15,18H,4-7H2,1-3H3,(H,17,19). The molecule has 0 bridgehead atoms. The van der Waals surface area contributed by atoms with Crippen LogP contribution < -0.4 is 10.6 Å². The third kappa shape index (κ3) is 3.49. The van der Waals surface area contributed by atoms with Crippen LogP contribution in [0.4, 0.5) is 11.4 Å². The zero-order chi connectivity index (χ0) is 13.8. The third-order valence-electron chi connectivity index (χ3n) is 4.08. The zero-order valence-electron chi connectivity index (χ0n) is 12.1. The Hall–Kier alpha value is -1.51. The maximum atomic E-state index is 11.2. The number of nitrogens with one attached hydrogen (secondary N) is 2. The molecule has 0 heterocycles. The van der Waals surface area contributed by atoms with E-state index in [1.54, 1.807) is 6.92 Å². The normalized spacial score (nSPS) is 22.3. The third-order valence-corrected chi connectivity index (χ3v) is 4.08. The number of aryl methyl sites for hydroxylation is 1. The van der Waals surface area contributed by atoms with Crippen LogP contribution in [0.3, 0.4) is 0 Å². The molecule has 0 radical (unpaired) electrons. The molecule has 2 atom stereocenters. The summed E-state index contributed by atoms with van der Waals surface area (Å²) < 4.78 is 0. The molecule has 1 amide bonds. The summed E-state index contributed by atoms with van der Waals surface area (Å²) in [5.41, 5.74) is 3.11. The van der Waals surface area contributed by atoms with Crippen LogP contribution in [-0.2, 0) is 4.79 Å². The molecule has 0 aliphatic heterocycles. The quantitative estimate of drug-likeness (QED) is 0.860. The van der Waals surface area contributed by atoms with Gasteiger partial charge in [0, 0.05) is 24.3 Å². The lowest BCUT2D eigenvalue weighted by atomic mass is 10.0. The minimum Gasteiger partial charge on any atom is -0.382 e. The molecule has 1 aromatic carbocycles. The van der Waals surface area contributed by atoms with Crippen LogP contribution in [0.25, 0.3) is 0 Å². The van der Waals surface area contributed by atoms with Crippen LogP contribution in [0.5, 0.6) is 0 Å². The van der Waals surface area contributed by atoms with Crippen molar-refractivity contribution in [1.29, 1.82) is 0 Å². The molecule has 1 saturated carbocycles. The van der Waals surface area contributed by atoms with Gasteiger partial charge in [0.05, 0.1) is 0 Å². The van der Waals surface area contributed by atoms with E-state index in [9.17, 15) is 4.79 Å². The fraction of sp³-hybridized carbons (Fsp3) is 0.562. The lowest BCUT2D eigenvalue weighted by molar-refractivity contribution is -0.114. The van der Waals surface area contributed by atoms with Crippen molar-refractivity contribution in [2.75, 3.05) is 10.6 Å². The largest absolute Gasteiger partial charge is 0.382 e. The highest BCUT2D eigenvalue weighted by Gasteiger charge is 2.25. The minimum absolute atomic E-state index is 0.0208. The number of amides is 1. The molecule has 1 aliphatic rings. The second-order valence-corrected chi connectivity index (χ2v) is 5.56. The molecular formula is C16H24N2O. The average molecular weight is 260 g/mol. The maximum absolute atomic E-state index is 11.2. The van der Waals surface area contributed by atoms with E-state index in [2.05, 4.69) is 29.7 Å². The van der Waals surface area contributed by atoms with Crippen molar-refractivity contribution in [2.24, 2.45) is 5.92 Å². The van der Waals surface area contributed by atoms with Crippen LogP contribution in [0.1, 0.15) is 45.1 Å². The summed E-state index contributed by atoms with van der Waals surface area (Å²) in [5, 5.41) is 6.52. The van der Waals surface area contributed by atoms with E-state index in [1.807, 2.05) is 13.0 Å². The van der Waals surface area contributed by atoms with Gasteiger partial charge >= 0.3 is 0 Å². The number of hydrogen-bond donors (Lipinski definition) is 2. The summed E-state index contributed by atoms with van der Waals surface area (Å²) in [6.07, 6.45) is 5.14. The van der Waals surface area contributed by atoms with E-state index in [1.165, 1.54) is 25.7 Å². The lowest BCUT2D eigenvalue weighted by Gasteiger charge is -2.21. The molecule has 1 fully saturated rings. The predicted octanol–water partition coefficient (Wildman–Crippen LogP) is 3.94. The van der Waals surface area contributed by atoms with Crippen molar-refractivity contribution in [3.8, 4) is 0 Å². The maximum Gasteiger partial charge on any atom is 0.221 e. The first-order valence-corrected chi connectivity index (χ1v) is 7.25. The molecule has 104 valence electrons. The van der Waals surface area contributed by atoms with E-state index < -0.39 is 0 Å². The summed E-state index contributed by atoms with van der Waals surface area (Å²) in [5.74, 6) is 0.762. The van der Waals surface area contributed by atoms with E-state index in [0.29, 0.717) is 6.04 Å². The fourth-order valence-corrected chi connectivity index (χ4v) is 2.97. The number of carbonyl (C=O) groups is 1. The van der Waals surface area contributed by atoms with Gasteiger partial charge in [0.15, 0.2) is 0 Å². The molecule has 1 aliphatic carbocycles. The van der Waals surface area contributed by atoms with Gasteiger partial charge in [0.1, 0.15) is 0 Å². The Morgan fingerprint density at radius 1 is 1.37 bits per heavy atom. The van der Waals surface area contributed by atoms with Gasteiger partial charge in [-0.15, -0.1) is 0 Å². The summed E-state index contributed by atoms with van der Waals surface area (Å²) in [6.45, 7) is 5.83. The van der Waals surface area contributed by atoms with Crippen LogP contribution in [0, 0.1) is 12.8 Å². The van der Waals surface area contributed by atoms with E-state index in [4.69, 9.17) is 0 Å². The predicted molar refractivity (Wildman–Crippen MR) is 80.5 cm³/mol. The summed E-state index contributed by atoms with van der Waals surface area (Å²) in [4.78, 5) is 11.2. The molecule has 2 N–H and O–H groups in total. The van der Waals surface area contributed by atoms with Crippen molar-refractivity contribution in [2.45, 2.75) is 52.5 Å². The number of anilines is 2. The van der Waals surface area contributed by atoms with Crippen LogP contribution in [0.2, 0.25) is 0 Å². The number of benzene rings is 1. The molecular weight excluding hydrogens is 236 g/mol. The SMILES string of the molecule is CCC1CCCC1Nc1ccc(C)c(NC(C)=O)c1. The topological polar surface area (TPSA) is 41.1 Å². The summed E-state index contributed by atoms with van der Waals surface area (Å²) in [6, 6.07) is 6.79. The molecule has 0 saturated heterocycles. The monoisotopic (exact) mass is 260 g/mol. The van der Waals surface area contributed by atoms with Gasteiger partial charge in [-0.05, 0) is 43.4 Å². The van der Waals surface area contributed by atoms with Gasteiger partial charge in [0.25, 0.3) is 0 Å². The van der Waals surface area contributed by atoms with E-state index >= 15 is 0 Å². The molecule has 1 aromatic rings. The number of carbonyl (C=O) groups excluding carboxylic acids is 1. The zero-order valence-corrected chi connectivity index (χ0v) is 12.1. The molecule has 3 nitrogen and oxygen atoms in total. The van der Waals surface area contributed by atoms with Gasteiger partial charge < -0.3 is 10.6 Å². The minimum atomic E-state index is -0.0208. The number of hydrogen-bond acceptors (Lipinski definition) is 2. The Bertz CT molecular complexity index is 456. The first-order valence-electron chi connectivity index (χ1n) is 7.25. The first kappa shape index (κ1) is 13.9. The Morgan fingerprint density at radius 3 is 2.84 bits per heavy atom. The molecule has 3 heteroatoms. The molecule has 2 unspecified atom stereocenters. The highest BCUT2D eigenvalue weighted by Crippen LogP contribution is 2.31. The van der Waals surface area contributed by atoms with Crippen LogP contribution in [0.15, 0.2) is 18.2 Å². The summed E-state index contributed by atoms with van der Waals surface area (Å²) in [7, 11) is 0. The second kappa shape index (κ2) is 6.09. The fourth-order valence-electron chi connectivity index (χ4n) is 2.97. The van der Waals surface area contributed by atoms with E-state index in [-0.39, 0.29) is 5.91 Å². The van der Waals surface area contributed by atoms with Crippen molar-refractivity contribution < 1.29 is 4.79 Å². The van der Waals surface area contributed by atoms with Crippen molar-refractivity contribution in [3.05, 3.63) is 23.8 Å². The van der Waals surface area contributed by atoms with Gasteiger partial charge in [-0.2, -0.15) is 0 Å². The van der Waals surface area contributed by atoms with Gasteiger partial charge in [-0.1, -0.05) is 25.8 Å². The van der Waals surface area contributed by atoms with Crippen LogP contribution >= 0.6 is 0 Å². The Morgan fingerprint density at radius 2 is 2.16 bits per heavy atom. The smallest absolute Gasteiger partial charge is 0.221 e. The Kier molecular flexibility index (Phi) is 4.46. The number of rotatable bonds is 4. The van der Waals surface area contributed by atoms with Crippen molar-refractivity contribution in [3.63, 3.8) is 0 Å². The average Bonchev–Trinajstić information content (AvgIpc) is 2.80. The van der Waals surface area contributed by atoms with Gasteiger partial charge in [-0.3, -0.25) is 4.79 Å². The van der Waals surface area contributed by atoms with Gasteiger partial charge in [-0.25, -0.2) is 0 Å². The molecule has 2 rings (SSSR count). The molecule has 0 spiro atoms. The lowest BCUT2D eigenvalue weighted by Crippen LogP contribution is -2.23. The van der Waals surface area contributed by atoms with Crippen LogP contribution in [-0.4, -0.2) is 11.9 Å². The van der Waals surface area contributed by atoms with E-state index in [0.717, 1.165) is 22.9 Å². The van der Waals surface area contributed by atoms with Crippen molar-refractivity contribution >= 4 is 17.3 Å². The van der Waals surface area contributed by atoms with Gasteiger partial charge in [0.2, 0.25) is 5.91 Å². The Labute approximate surface area is 115 Å². The molecule has 19 heavy (non-hydrogen) atoms. The highest BCUT2D eigenvalue weighted by molar-refractivity contribution is 5.90. The van der Waals surface area contributed by atoms with Crippen molar-refractivity contribution in [1.82, 2.24) is 0 Å². The molecule has 0 aromatic heterocycles. The first-order chi connectivity index (χ1) is 9.10. The highest BCUT2D eigenvalue weighted by atomic mass is 16.1. The summed E-state index contributed by atoms with van der Waals surface area (Å²) >= 11 is 0. The second-order valence-electron chi connectivity index (χ2n) is 5.56. The Balaban J connectivity index is 2.10.